The van der Waals surface area contributed by atoms with Gasteiger partial charge in [0, 0.05) is 26.2 Å². The smallest absolute Gasteiger partial charge is 0.0628 e. The lowest BCUT2D eigenvalue weighted by Gasteiger charge is -2.25. The van der Waals surface area contributed by atoms with Crippen LogP contribution in [0.3, 0.4) is 0 Å². The molecular weight excluding hydrogens is 188 g/mol. The molecule has 0 aliphatic heterocycles. The maximum absolute atomic E-state index is 5.22. The number of rotatable bonds is 9. The fourth-order valence-corrected chi connectivity index (χ4v) is 1.80. The van der Waals surface area contributed by atoms with Crippen LogP contribution in [-0.2, 0) is 4.74 Å². The van der Waals surface area contributed by atoms with E-state index in [4.69, 9.17) is 4.74 Å². The standard InChI is InChI=1S/C12H28N2O/c1-6-7-13-12(10-15-5)9-14(4)8-11(2)3/h11-13H,6-10H2,1-5H3. The van der Waals surface area contributed by atoms with Crippen molar-refractivity contribution in [1.82, 2.24) is 10.2 Å². The van der Waals surface area contributed by atoms with Gasteiger partial charge in [-0.3, -0.25) is 0 Å². The van der Waals surface area contributed by atoms with Crippen molar-refractivity contribution in [2.75, 3.05) is 40.4 Å². The largest absolute Gasteiger partial charge is 0.383 e. The molecule has 0 saturated heterocycles. The fraction of sp³-hybridized carbons (Fsp3) is 1.00. The lowest BCUT2D eigenvalue weighted by atomic mass is 10.2. The Balaban J connectivity index is 3.80. The Morgan fingerprint density at radius 3 is 2.40 bits per heavy atom. The summed E-state index contributed by atoms with van der Waals surface area (Å²) < 4.78 is 5.22. The van der Waals surface area contributed by atoms with Crippen molar-refractivity contribution in [2.24, 2.45) is 5.92 Å². The van der Waals surface area contributed by atoms with E-state index >= 15 is 0 Å². The average Bonchev–Trinajstić information content (AvgIpc) is 2.13. The average molecular weight is 216 g/mol. The van der Waals surface area contributed by atoms with E-state index in [0.29, 0.717) is 6.04 Å². The zero-order valence-corrected chi connectivity index (χ0v) is 11.0. The maximum atomic E-state index is 5.22. The van der Waals surface area contributed by atoms with Crippen LogP contribution >= 0.6 is 0 Å². The first-order valence-electron chi connectivity index (χ1n) is 6.01. The number of nitrogens with one attached hydrogen (secondary N) is 1. The number of methoxy groups -OCH3 is 1. The number of likely N-dealkylation sites (N-methyl/N-ethyl adjacent to an activating group) is 1. The molecule has 0 radical (unpaired) electrons. The highest BCUT2D eigenvalue weighted by Gasteiger charge is 2.11. The van der Waals surface area contributed by atoms with Gasteiger partial charge in [-0.05, 0) is 25.9 Å². The first-order valence-corrected chi connectivity index (χ1v) is 6.01. The molecule has 0 aliphatic carbocycles. The van der Waals surface area contributed by atoms with Gasteiger partial charge < -0.3 is 15.0 Å². The molecule has 0 spiro atoms. The third kappa shape index (κ3) is 8.85. The van der Waals surface area contributed by atoms with Crippen molar-refractivity contribution in [3.63, 3.8) is 0 Å². The topological polar surface area (TPSA) is 24.5 Å². The van der Waals surface area contributed by atoms with Crippen molar-refractivity contribution in [1.29, 1.82) is 0 Å². The molecule has 3 heteroatoms. The van der Waals surface area contributed by atoms with Crippen LogP contribution in [0.15, 0.2) is 0 Å². The Morgan fingerprint density at radius 2 is 1.93 bits per heavy atom. The van der Waals surface area contributed by atoms with Crippen LogP contribution in [0.2, 0.25) is 0 Å². The van der Waals surface area contributed by atoms with Crippen molar-refractivity contribution in [2.45, 2.75) is 33.2 Å². The third-order valence-electron chi connectivity index (χ3n) is 2.26. The molecule has 0 aromatic carbocycles. The van der Waals surface area contributed by atoms with E-state index in [9.17, 15) is 0 Å². The minimum absolute atomic E-state index is 0.457. The van der Waals surface area contributed by atoms with Crippen molar-refractivity contribution in [3.05, 3.63) is 0 Å². The molecule has 92 valence electrons. The van der Waals surface area contributed by atoms with E-state index in [-0.39, 0.29) is 0 Å². The molecule has 0 saturated carbocycles. The maximum Gasteiger partial charge on any atom is 0.0628 e. The van der Waals surface area contributed by atoms with Crippen LogP contribution in [0, 0.1) is 5.92 Å². The van der Waals surface area contributed by atoms with Crippen LogP contribution < -0.4 is 5.32 Å². The molecule has 0 heterocycles. The van der Waals surface area contributed by atoms with Gasteiger partial charge in [0.2, 0.25) is 0 Å². The van der Waals surface area contributed by atoms with Gasteiger partial charge in [-0.25, -0.2) is 0 Å². The second kappa shape index (κ2) is 9.13. The third-order valence-corrected chi connectivity index (χ3v) is 2.26. The van der Waals surface area contributed by atoms with Crippen LogP contribution in [0.1, 0.15) is 27.2 Å². The van der Waals surface area contributed by atoms with E-state index in [2.05, 4.69) is 38.0 Å². The molecule has 0 rings (SSSR count). The molecule has 0 aromatic heterocycles. The highest BCUT2D eigenvalue weighted by Crippen LogP contribution is 1.98. The summed E-state index contributed by atoms with van der Waals surface area (Å²) in [5.41, 5.74) is 0. The van der Waals surface area contributed by atoms with E-state index in [1.165, 1.54) is 6.42 Å². The summed E-state index contributed by atoms with van der Waals surface area (Å²) in [5, 5.41) is 3.51. The molecular formula is C12H28N2O. The van der Waals surface area contributed by atoms with E-state index in [1.54, 1.807) is 7.11 Å². The Labute approximate surface area is 95.2 Å². The van der Waals surface area contributed by atoms with Crippen LogP contribution in [0.4, 0.5) is 0 Å². The first-order chi connectivity index (χ1) is 7.10. The van der Waals surface area contributed by atoms with Crippen molar-refractivity contribution in [3.8, 4) is 0 Å². The van der Waals surface area contributed by atoms with Crippen molar-refractivity contribution < 1.29 is 4.74 Å². The lowest BCUT2D eigenvalue weighted by molar-refractivity contribution is 0.142. The Bertz CT molecular complexity index is 140. The number of nitrogens with zero attached hydrogens (tertiary/aromatic N) is 1. The molecule has 3 nitrogen and oxygen atoms in total. The van der Waals surface area contributed by atoms with Gasteiger partial charge in [0.1, 0.15) is 0 Å². The van der Waals surface area contributed by atoms with E-state index in [1.807, 2.05) is 0 Å². The van der Waals surface area contributed by atoms with Gasteiger partial charge in [0.05, 0.1) is 6.61 Å². The molecule has 0 fully saturated rings. The summed E-state index contributed by atoms with van der Waals surface area (Å²) in [5.74, 6) is 0.726. The normalized spacial score (nSPS) is 13.8. The van der Waals surface area contributed by atoms with E-state index < -0.39 is 0 Å². The monoisotopic (exact) mass is 216 g/mol. The molecule has 1 unspecified atom stereocenters. The Morgan fingerprint density at radius 1 is 1.27 bits per heavy atom. The van der Waals surface area contributed by atoms with Gasteiger partial charge in [0.25, 0.3) is 0 Å². The predicted molar refractivity (Wildman–Crippen MR) is 66.3 cm³/mol. The molecule has 1 N–H and O–H groups in total. The fourth-order valence-electron chi connectivity index (χ4n) is 1.80. The highest BCUT2D eigenvalue weighted by atomic mass is 16.5. The first kappa shape index (κ1) is 14.9. The zero-order valence-electron chi connectivity index (χ0n) is 11.0. The number of hydrogen-bond donors (Lipinski definition) is 1. The van der Waals surface area contributed by atoms with Crippen LogP contribution in [0.5, 0.6) is 0 Å². The van der Waals surface area contributed by atoms with Gasteiger partial charge in [-0.2, -0.15) is 0 Å². The summed E-state index contributed by atoms with van der Waals surface area (Å²) >= 11 is 0. The quantitative estimate of drug-likeness (QED) is 0.633. The Kier molecular flexibility index (Phi) is 9.06. The molecule has 0 aromatic rings. The van der Waals surface area contributed by atoms with E-state index in [0.717, 1.165) is 32.2 Å². The minimum atomic E-state index is 0.457. The molecule has 1 atom stereocenters. The highest BCUT2D eigenvalue weighted by molar-refractivity contribution is 4.70. The Hall–Kier alpha value is -0.120. The summed E-state index contributed by atoms with van der Waals surface area (Å²) in [4.78, 5) is 2.37. The van der Waals surface area contributed by atoms with Gasteiger partial charge in [0.15, 0.2) is 0 Å². The number of ether oxygens (including phenoxy) is 1. The van der Waals surface area contributed by atoms with Crippen LogP contribution in [0.25, 0.3) is 0 Å². The molecule has 15 heavy (non-hydrogen) atoms. The summed E-state index contributed by atoms with van der Waals surface area (Å²) in [6, 6.07) is 0.457. The molecule has 0 bridgehead atoms. The second-order valence-corrected chi connectivity index (χ2v) is 4.72. The van der Waals surface area contributed by atoms with Crippen LogP contribution in [-0.4, -0.2) is 51.3 Å². The van der Waals surface area contributed by atoms with Gasteiger partial charge in [-0.1, -0.05) is 20.8 Å². The molecule has 0 aliphatic rings. The summed E-state index contributed by atoms with van der Waals surface area (Å²) in [7, 11) is 3.94. The predicted octanol–water partition coefficient (Wildman–Crippen LogP) is 1.59. The van der Waals surface area contributed by atoms with Gasteiger partial charge in [-0.15, -0.1) is 0 Å². The lowest BCUT2D eigenvalue weighted by Crippen LogP contribution is -2.43. The summed E-state index contributed by atoms with van der Waals surface area (Å²) in [6.07, 6.45) is 1.17. The van der Waals surface area contributed by atoms with Gasteiger partial charge >= 0.3 is 0 Å². The molecule has 0 amide bonds. The second-order valence-electron chi connectivity index (χ2n) is 4.72. The minimum Gasteiger partial charge on any atom is -0.383 e. The van der Waals surface area contributed by atoms with Crippen molar-refractivity contribution >= 4 is 0 Å². The SMILES string of the molecule is CCCNC(COC)CN(C)CC(C)C. The number of hydrogen-bond acceptors (Lipinski definition) is 3. The summed E-state index contributed by atoms with van der Waals surface area (Å²) in [6.45, 7) is 10.8. The zero-order chi connectivity index (χ0) is 11.7.